The maximum atomic E-state index is 11.2. The zero-order valence-electron chi connectivity index (χ0n) is 19.0. The van der Waals surface area contributed by atoms with Gasteiger partial charge in [-0.15, -0.1) is 0 Å². The van der Waals surface area contributed by atoms with Gasteiger partial charge in [0.2, 0.25) is 0 Å². The maximum Gasteiger partial charge on any atom is 0.414 e. The van der Waals surface area contributed by atoms with Gasteiger partial charge in [-0.1, -0.05) is 36.4 Å². The van der Waals surface area contributed by atoms with Crippen molar-refractivity contribution in [2.75, 3.05) is 44.2 Å². The van der Waals surface area contributed by atoms with E-state index in [1.165, 1.54) is 5.69 Å². The van der Waals surface area contributed by atoms with E-state index in [1.807, 2.05) is 12.1 Å². The Morgan fingerprint density at radius 3 is 1.97 bits per heavy atom. The first kappa shape index (κ1) is 25.1. The summed E-state index contributed by atoms with van der Waals surface area (Å²) in [5.41, 5.74) is 2.38. The number of nitrogens with zero attached hydrogens (tertiary/aromatic N) is 4. The lowest BCUT2D eigenvalue weighted by atomic mass is 10.0. The normalized spacial score (nSPS) is 17.5. The number of carboxylic acid groups (broad SMARTS) is 2. The Bertz CT molecular complexity index is 958. The molecule has 182 valence electrons. The highest BCUT2D eigenvalue weighted by Gasteiger charge is 2.28. The molecule has 0 saturated carbocycles. The molecule has 2 aliphatic heterocycles. The fourth-order valence-corrected chi connectivity index (χ4v) is 4.49. The van der Waals surface area contributed by atoms with Crippen molar-refractivity contribution in [3.63, 3.8) is 0 Å². The van der Waals surface area contributed by atoms with Crippen molar-refractivity contribution in [2.45, 2.75) is 25.4 Å². The Hall–Kier alpha value is -3.50. The molecule has 10 nitrogen and oxygen atoms in total. The number of nitro groups is 1. The number of piperidine rings is 1. The number of hydrogen-bond donors (Lipinski definition) is 2. The highest BCUT2D eigenvalue weighted by atomic mass is 16.6. The van der Waals surface area contributed by atoms with E-state index in [0.29, 0.717) is 12.6 Å². The van der Waals surface area contributed by atoms with Gasteiger partial charge in [0.15, 0.2) is 0 Å². The highest BCUT2D eigenvalue weighted by molar-refractivity contribution is 6.27. The van der Waals surface area contributed by atoms with E-state index in [4.69, 9.17) is 19.8 Å². The van der Waals surface area contributed by atoms with Crippen LogP contribution < -0.4 is 4.90 Å². The van der Waals surface area contributed by atoms with Crippen LogP contribution in [-0.4, -0.2) is 82.2 Å². The molecule has 0 aliphatic carbocycles. The van der Waals surface area contributed by atoms with Crippen LogP contribution in [0.15, 0.2) is 54.6 Å². The van der Waals surface area contributed by atoms with Gasteiger partial charge in [0, 0.05) is 56.1 Å². The second-order valence-electron chi connectivity index (χ2n) is 8.36. The summed E-state index contributed by atoms with van der Waals surface area (Å²) in [6.07, 6.45) is 2.29. The molecule has 2 aliphatic rings. The van der Waals surface area contributed by atoms with Crippen LogP contribution in [0.25, 0.3) is 0 Å². The lowest BCUT2D eigenvalue weighted by molar-refractivity contribution is -0.385. The van der Waals surface area contributed by atoms with E-state index in [2.05, 4.69) is 45.0 Å². The zero-order chi connectivity index (χ0) is 24.5. The number of anilines is 1. The predicted molar refractivity (Wildman–Crippen MR) is 127 cm³/mol. The number of hydrogen-bond acceptors (Lipinski definition) is 7. The van der Waals surface area contributed by atoms with Gasteiger partial charge in [-0.2, -0.15) is 0 Å². The number of benzene rings is 2. The van der Waals surface area contributed by atoms with Gasteiger partial charge in [-0.3, -0.25) is 19.9 Å². The molecule has 4 rings (SSSR count). The fourth-order valence-electron chi connectivity index (χ4n) is 4.49. The maximum absolute atomic E-state index is 11.2. The van der Waals surface area contributed by atoms with Crippen LogP contribution in [0.2, 0.25) is 0 Å². The van der Waals surface area contributed by atoms with E-state index in [0.717, 1.165) is 57.7 Å². The molecule has 2 saturated heterocycles. The smallest absolute Gasteiger partial charge is 0.414 e. The molecule has 34 heavy (non-hydrogen) atoms. The minimum Gasteiger partial charge on any atom is -0.473 e. The van der Waals surface area contributed by atoms with E-state index in [9.17, 15) is 10.1 Å². The van der Waals surface area contributed by atoms with Crippen molar-refractivity contribution in [1.29, 1.82) is 0 Å². The molecule has 2 aromatic rings. The number of carbonyl (C=O) groups is 2. The Morgan fingerprint density at radius 1 is 0.853 bits per heavy atom. The molecule has 0 amide bonds. The number of carboxylic acids is 2. The largest absolute Gasteiger partial charge is 0.473 e. The second kappa shape index (κ2) is 12.1. The molecule has 10 heteroatoms. The van der Waals surface area contributed by atoms with E-state index >= 15 is 0 Å². The Balaban J connectivity index is 0.000000481. The monoisotopic (exact) mass is 470 g/mol. The lowest BCUT2D eigenvalue weighted by Gasteiger charge is -2.43. The summed E-state index contributed by atoms with van der Waals surface area (Å²) >= 11 is 0. The summed E-state index contributed by atoms with van der Waals surface area (Å²) in [4.78, 5) is 36.6. The zero-order valence-corrected chi connectivity index (χ0v) is 19.0. The molecule has 0 atom stereocenters. The van der Waals surface area contributed by atoms with Gasteiger partial charge >= 0.3 is 11.9 Å². The third-order valence-corrected chi connectivity index (χ3v) is 6.27. The molecular formula is C24H30N4O6. The van der Waals surface area contributed by atoms with Crippen molar-refractivity contribution in [2.24, 2.45) is 0 Å². The molecule has 0 spiro atoms. The summed E-state index contributed by atoms with van der Waals surface area (Å²) in [7, 11) is 0. The number of nitro benzene ring substituents is 1. The average molecular weight is 471 g/mol. The number of para-hydroxylation sites is 2. The number of piperazine rings is 1. The van der Waals surface area contributed by atoms with Crippen molar-refractivity contribution < 1.29 is 24.7 Å². The van der Waals surface area contributed by atoms with Crippen molar-refractivity contribution >= 4 is 23.3 Å². The quantitative estimate of drug-likeness (QED) is 0.385. The van der Waals surface area contributed by atoms with Crippen molar-refractivity contribution in [1.82, 2.24) is 9.80 Å². The van der Waals surface area contributed by atoms with Crippen LogP contribution in [0.4, 0.5) is 11.4 Å². The highest BCUT2D eigenvalue weighted by Crippen LogP contribution is 2.24. The Labute approximate surface area is 198 Å². The van der Waals surface area contributed by atoms with Gasteiger partial charge in [-0.05, 0) is 38.1 Å². The summed E-state index contributed by atoms with van der Waals surface area (Å²) in [5, 5.41) is 26.0. The van der Waals surface area contributed by atoms with Crippen molar-refractivity contribution in [3.8, 4) is 0 Å². The van der Waals surface area contributed by atoms with E-state index in [1.54, 1.807) is 12.1 Å². The first-order chi connectivity index (χ1) is 16.3. The third kappa shape index (κ3) is 7.00. The molecular weight excluding hydrogens is 440 g/mol. The number of rotatable bonds is 5. The Kier molecular flexibility index (Phi) is 8.94. The van der Waals surface area contributed by atoms with Crippen LogP contribution in [0.1, 0.15) is 18.4 Å². The summed E-state index contributed by atoms with van der Waals surface area (Å²) < 4.78 is 0. The van der Waals surface area contributed by atoms with Crippen LogP contribution in [0.3, 0.4) is 0 Å². The molecule has 2 N–H and O–H groups in total. The van der Waals surface area contributed by atoms with Crippen LogP contribution in [-0.2, 0) is 16.1 Å². The summed E-state index contributed by atoms with van der Waals surface area (Å²) in [5.74, 6) is -3.65. The van der Waals surface area contributed by atoms with Crippen molar-refractivity contribution in [3.05, 3.63) is 70.3 Å². The molecule has 2 fully saturated rings. The van der Waals surface area contributed by atoms with Crippen LogP contribution in [0.5, 0.6) is 0 Å². The lowest BCUT2D eigenvalue weighted by Crippen LogP contribution is -2.53. The molecule has 0 unspecified atom stereocenters. The second-order valence-corrected chi connectivity index (χ2v) is 8.36. The SMILES string of the molecule is O=C(O)C(=O)O.O=[N+]([O-])c1ccccc1CN1CCC(N2CCN(c3ccccc3)CC2)CC1. The predicted octanol–water partition coefficient (Wildman–Crippen LogP) is 2.54. The number of likely N-dealkylation sites (tertiary alicyclic amines) is 1. The molecule has 0 radical (unpaired) electrons. The third-order valence-electron chi connectivity index (χ3n) is 6.27. The number of aliphatic carboxylic acids is 2. The molecule has 2 heterocycles. The fraction of sp³-hybridized carbons (Fsp3) is 0.417. The molecule has 0 bridgehead atoms. The molecule has 2 aromatic carbocycles. The summed E-state index contributed by atoms with van der Waals surface area (Å²) in [6, 6.07) is 18.4. The van der Waals surface area contributed by atoms with E-state index < -0.39 is 11.9 Å². The minimum atomic E-state index is -1.82. The van der Waals surface area contributed by atoms with Gasteiger partial charge in [-0.25, -0.2) is 9.59 Å². The van der Waals surface area contributed by atoms with Gasteiger partial charge in [0.25, 0.3) is 5.69 Å². The van der Waals surface area contributed by atoms with Crippen LogP contribution in [0, 0.1) is 10.1 Å². The molecule has 0 aromatic heterocycles. The topological polar surface area (TPSA) is 127 Å². The standard InChI is InChI=1S/C22H28N4O2.C2H2O4/c27-26(28)22-9-5-4-6-19(22)18-23-12-10-21(11-13-23)25-16-14-24(15-17-25)20-7-2-1-3-8-20;3-1(4)2(5)6/h1-9,21H,10-18H2;(H,3,4)(H,5,6). The van der Waals surface area contributed by atoms with Gasteiger partial charge in [0.1, 0.15) is 0 Å². The van der Waals surface area contributed by atoms with Gasteiger partial charge < -0.3 is 15.1 Å². The average Bonchev–Trinajstić information content (AvgIpc) is 2.86. The van der Waals surface area contributed by atoms with Crippen LogP contribution >= 0.6 is 0 Å². The first-order valence-electron chi connectivity index (χ1n) is 11.3. The van der Waals surface area contributed by atoms with E-state index in [-0.39, 0.29) is 10.6 Å². The first-order valence-corrected chi connectivity index (χ1v) is 11.3. The Morgan fingerprint density at radius 2 is 1.41 bits per heavy atom. The minimum absolute atomic E-state index is 0.238. The summed E-state index contributed by atoms with van der Waals surface area (Å²) in [6.45, 7) is 7.09. The van der Waals surface area contributed by atoms with Gasteiger partial charge in [0.05, 0.1) is 4.92 Å².